The highest BCUT2D eigenvalue weighted by Gasteiger charge is 2.09. The molecule has 17 heavy (non-hydrogen) atoms. The summed E-state index contributed by atoms with van der Waals surface area (Å²) >= 11 is 3.39. The Morgan fingerprint density at radius 1 is 1.12 bits per heavy atom. The third kappa shape index (κ3) is 1.70. The van der Waals surface area contributed by atoms with Crippen LogP contribution in [-0.2, 0) is 0 Å². The summed E-state index contributed by atoms with van der Waals surface area (Å²) in [6, 6.07) is 11.6. The van der Waals surface area contributed by atoms with E-state index in [0.717, 1.165) is 21.1 Å². The van der Waals surface area contributed by atoms with Crippen molar-refractivity contribution < 1.29 is 5.21 Å². The predicted molar refractivity (Wildman–Crippen MR) is 70.1 cm³/mol. The lowest BCUT2D eigenvalue weighted by molar-refractivity contribution is 0.204. The molecule has 1 N–H and O–H groups in total. The number of pyridine rings is 1. The molecule has 4 heteroatoms. The molecule has 0 unspecified atom stereocenters. The molecule has 0 amide bonds. The topological polar surface area (TPSA) is 38.0 Å². The highest BCUT2D eigenvalue weighted by molar-refractivity contribution is 9.10. The van der Waals surface area contributed by atoms with E-state index < -0.39 is 0 Å². The second kappa shape index (κ2) is 3.89. The van der Waals surface area contributed by atoms with Crippen LogP contribution < -0.4 is 0 Å². The van der Waals surface area contributed by atoms with Crippen molar-refractivity contribution in [3.05, 3.63) is 53.3 Å². The van der Waals surface area contributed by atoms with Crippen molar-refractivity contribution in [3.63, 3.8) is 0 Å². The van der Waals surface area contributed by atoms with Crippen LogP contribution in [0.25, 0.3) is 22.2 Å². The summed E-state index contributed by atoms with van der Waals surface area (Å²) in [5.41, 5.74) is 2.44. The van der Waals surface area contributed by atoms with Gasteiger partial charge in [-0.25, -0.2) is 0 Å². The molecule has 2 heterocycles. The Morgan fingerprint density at radius 2 is 1.88 bits per heavy atom. The fraction of sp³-hybridized carbons (Fsp3) is 0. The average Bonchev–Trinajstić information content (AvgIpc) is 2.69. The molecule has 0 radical (unpaired) electrons. The van der Waals surface area contributed by atoms with E-state index in [9.17, 15) is 5.21 Å². The van der Waals surface area contributed by atoms with Gasteiger partial charge in [0.05, 0.1) is 11.9 Å². The molecule has 3 aromatic rings. The van der Waals surface area contributed by atoms with Crippen molar-refractivity contribution in [1.29, 1.82) is 0 Å². The van der Waals surface area contributed by atoms with Crippen molar-refractivity contribution in [3.8, 4) is 11.3 Å². The lowest BCUT2D eigenvalue weighted by atomic mass is 10.1. The van der Waals surface area contributed by atoms with Crippen LogP contribution >= 0.6 is 15.9 Å². The molecule has 0 aliphatic heterocycles. The zero-order chi connectivity index (χ0) is 11.8. The van der Waals surface area contributed by atoms with Gasteiger partial charge in [-0.1, -0.05) is 28.1 Å². The van der Waals surface area contributed by atoms with E-state index >= 15 is 0 Å². The van der Waals surface area contributed by atoms with Gasteiger partial charge in [0.1, 0.15) is 5.52 Å². The van der Waals surface area contributed by atoms with Gasteiger partial charge >= 0.3 is 0 Å². The zero-order valence-electron chi connectivity index (χ0n) is 8.84. The summed E-state index contributed by atoms with van der Waals surface area (Å²) in [4.78, 5) is 4.01. The predicted octanol–water partition coefficient (Wildman–Crippen LogP) is 3.70. The van der Waals surface area contributed by atoms with Crippen LogP contribution in [0, 0.1) is 0 Å². The standard InChI is InChI=1S/C13H9BrN2O/c14-11-3-1-9(2-4-11)12-7-10-5-6-15-8-13(10)16(12)17/h1-8,17H. The van der Waals surface area contributed by atoms with E-state index in [1.165, 1.54) is 4.73 Å². The van der Waals surface area contributed by atoms with Gasteiger partial charge in [-0.2, -0.15) is 4.73 Å². The molecule has 0 aliphatic rings. The SMILES string of the molecule is On1c(-c2ccc(Br)cc2)cc2ccncc21. The molecule has 3 rings (SSSR count). The van der Waals surface area contributed by atoms with Gasteiger partial charge in [0.25, 0.3) is 0 Å². The van der Waals surface area contributed by atoms with Crippen molar-refractivity contribution in [2.24, 2.45) is 0 Å². The molecular formula is C13H9BrN2O. The molecule has 0 saturated heterocycles. The van der Waals surface area contributed by atoms with Gasteiger partial charge in [-0.15, -0.1) is 0 Å². The Bertz CT molecular complexity index is 673. The molecule has 0 aliphatic carbocycles. The van der Waals surface area contributed by atoms with Gasteiger partial charge < -0.3 is 5.21 Å². The highest BCUT2D eigenvalue weighted by Crippen LogP contribution is 2.27. The van der Waals surface area contributed by atoms with E-state index in [-0.39, 0.29) is 0 Å². The van der Waals surface area contributed by atoms with Crippen LogP contribution in [0.3, 0.4) is 0 Å². The van der Waals surface area contributed by atoms with Gasteiger partial charge in [0.2, 0.25) is 0 Å². The maximum absolute atomic E-state index is 10.1. The Balaban J connectivity index is 2.24. The van der Waals surface area contributed by atoms with E-state index in [4.69, 9.17) is 0 Å². The molecule has 0 bridgehead atoms. The van der Waals surface area contributed by atoms with Crippen molar-refractivity contribution in [2.75, 3.05) is 0 Å². The van der Waals surface area contributed by atoms with E-state index in [1.54, 1.807) is 12.4 Å². The lowest BCUT2D eigenvalue weighted by Crippen LogP contribution is -1.92. The highest BCUT2D eigenvalue weighted by atomic mass is 79.9. The lowest BCUT2D eigenvalue weighted by Gasteiger charge is -2.02. The first-order valence-electron chi connectivity index (χ1n) is 5.16. The second-order valence-corrected chi connectivity index (χ2v) is 4.70. The first kappa shape index (κ1) is 10.4. The molecule has 1 aromatic carbocycles. The fourth-order valence-corrected chi connectivity index (χ4v) is 2.12. The van der Waals surface area contributed by atoms with E-state index in [1.807, 2.05) is 36.4 Å². The summed E-state index contributed by atoms with van der Waals surface area (Å²) < 4.78 is 2.19. The van der Waals surface area contributed by atoms with Crippen LogP contribution in [0.1, 0.15) is 0 Å². The van der Waals surface area contributed by atoms with E-state index in [0.29, 0.717) is 5.52 Å². The van der Waals surface area contributed by atoms with Crippen molar-refractivity contribution >= 4 is 26.8 Å². The van der Waals surface area contributed by atoms with Crippen LogP contribution in [0.5, 0.6) is 0 Å². The van der Waals surface area contributed by atoms with Crippen LogP contribution in [-0.4, -0.2) is 14.9 Å². The van der Waals surface area contributed by atoms with Gasteiger partial charge in [0.15, 0.2) is 0 Å². The molecule has 0 spiro atoms. The number of fused-ring (bicyclic) bond motifs is 1. The first-order valence-corrected chi connectivity index (χ1v) is 5.95. The molecule has 0 atom stereocenters. The summed E-state index contributed by atoms with van der Waals surface area (Å²) in [6.07, 6.45) is 3.37. The molecule has 0 fully saturated rings. The number of benzene rings is 1. The molecule has 3 nitrogen and oxygen atoms in total. The third-order valence-corrected chi connectivity index (χ3v) is 3.25. The fourth-order valence-electron chi connectivity index (χ4n) is 1.86. The maximum Gasteiger partial charge on any atom is 0.106 e. The Hall–Kier alpha value is -1.81. The summed E-state index contributed by atoms with van der Waals surface area (Å²) in [6.45, 7) is 0. The normalized spacial score (nSPS) is 10.9. The number of rotatable bonds is 1. The quantitative estimate of drug-likeness (QED) is 0.694. The zero-order valence-corrected chi connectivity index (χ0v) is 10.4. The monoisotopic (exact) mass is 288 g/mol. The van der Waals surface area contributed by atoms with E-state index in [2.05, 4.69) is 20.9 Å². The smallest absolute Gasteiger partial charge is 0.106 e. The van der Waals surface area contributed by atoms with Gasteiger partial charge in [-0.3, -0.25) is 4.98 Å². The largest absolute Gasteiger partial charge is 0.428 e. The number of nitrogens with zero attached hydrogens (tertiary/aromatic N) is 2. The Morgan fingerprint density at radius 3 is 2.59 bits per heavy atom. The summed E-state index contributed by atoms with van der Waals surface area (Å²) in [5, 5.41) is 11.0. The minimum absolute atomic E-state index is 0.713. The minimum Gasteiger partial charge on any atom is -0.428 e. The molecule has 0 saturated carbocycles. The van der Waals surface area contributed by atoms with Gasteiger partial charge in [-0.05, 0) is 24.3 Å². The maximum atomic E-state index is 10.1. The van der Waals surface area contributed by atoms with Crippen LogP contribution in [0.15, 0.2) is 53.3 Å². The number of halogens is 1. The van der Waals surface area contributed by atoms with Gasteiger partial charge in [0, 0.05) is 21.6 Å². The van der Waals surface area contributed by atoms with Crippen molar-refractivity contribution in [1.82, 2.24) is 9.71 Å². The van der Waals surface area contributed by atoms with Crippen LogP contribution in [0.4, 0.5) is 0 Å². The summed E-state index contributed by atoms with van der Waals surface area (Å²) in [5.74, 6) is 0. The number of hydrogen-bond donors (Lipinski definition) is 1. The molecule has 84 valence electrons. The minimum atomic E-state index is 0.713. The first-order chi connectivity index (χ1) is 8.25. The summed E-state index contributed by atoms with van der Waals surface area (Å²) in [7, 11) is 0. The molecular weight excluding hydrogens is 280 g/mol. The number of hydrogen-bond acceptors (Lipinski definition) is 2. The van der Waals surface area contributed by atoms with Crippen molar-refractivity contribution in [2.45, 2.75) is 0 Å². The Labute approximate surface area is 106 Å². The second-order valence-electron chi connectivity index (χ2n) is 3.78. The van der Waals surface area contributed by atoms with Crippen LogP contribution in [0.2, 0.25) is 0 Å². The third-order valence-electron chi connectivity index (χ3n) is 2.72. The Kier molecular flexibility index (Phi) is 2.37. The average molecular weight is 289 g/mol. The number of aromatic nitrogens is 2. The molecule has 2 aromatic heterocycles.